The molecule has 0 atom stereocenters. The number of nitrogen functional groups attached to an aromatic ring is 1. The Morgan fingerprint density at radius 2 is 1.85 bits per heavy atom. The number of carbonyl (C=O) groups excluding carboxylic acids is 1. The standard InChI is InChI=1S/C12H18ClN3O3S/c1-7-5-8(13)9(14)6-10(7)20(18,19)16-11(17)15-12(2,3)4/h5-6H,14H2,1-4H3,(H2,15,16,17). The van der Waals surface area contributed by atoms with Crippen LogP contribution in [0, 0.1) is 6.92 Å². The lowest BCUT2D eigenvalue weighted by Gasteiger charge is -2.21. The molecule has 0 aliphatic heterocycles. The van der Waals surface area contributed by atoms with Crippen molar-refractivity contribution < 1.29 is 13.2 Å². The van der Waals surface area contributed by atoms with Gasteiger partial charge >= 0.3 is 6.03 Å². The lowest BCUT2D eigenvalue weighted by molar-refractivity contribution is 0.237. The van der Waals surface area contributed by atoms with E-state index in [1.54, 1.807) is 27.7 Å². The number of anilines is 1. The molecule has 0 heterocycles. The first kappa shape index (κ1) is 16.6. The van der Waals surface area contributed by atoms with Crippen LogP contribution < -0.4 is 15.8 Å². The maximum absolute atomic E-state index is 12.1. The molecule has 112 valence electrons. The Bertz CT molecular complexity index is 636. The number of sulfonamides is 1. The van der Waals surface area contributed by atoms with Crippen molar-refractivity contribution in [2.45, 2.75) is 38.1 Å². The van der Waals surface area contributed by atoms with Crippen molar-refractivity contribution in [1.29, 1.82) is 0 Å². The number of carbonyl (C=O) groups is 1. The number of hydrogen-bond acceptors (Lipinski definition) is 4. The maximum atomic E-state index is 12.1. The molecule has 1 rings (SSSR count). The van der Waals surface area contributed by atoms with E-state index in [1.807, 2.05) is 4.72 Å². The monoisotopic (exact) mass is 319 g/mol. The van der Waals surface area contributed by atoms with E-state index in [4.69, 9.17) is 17.3 Å². The molecule has 0 aliphatic rings. The van der Waals surface area contributed by atoms with Crippen LogP contribution in [-0.2, 0) is 10.0 Å². The van der Waals surface area contributed by atoms with Gasteiger partial charge in [-0.15, -0.1) is 0 Å². The number of halogens is 1. The zero-order valence-electron chi connectivity index (χ0n) is 11.7. The van der Waals surface area contributed by atoms with E-state index in [1.165, 1.54) is 12.1 Å². The third-order valence-corrected chi connectivity index (χ3v) is 4.10. The number of nitrogens with one attached hydrogen (secondary N) is 2. The van der Waals surface area contributed by atoms with Gasteiger partial charge in [-0.2, -0.15) is 0 Å². The van der Waals surface area contributed by atoms with Crippen LogP contribution in [0.3, 0.4) is 0 Å². The minimum Gasteiger partial charge on any atom is -0.397 e. The highest BCUT2D eigenvalue weighted by Crippen LogP contribution is 2.26. The quantitative estimate of drug-likeness (QED) is 0.726. The summed E-state index contributed by atoms with van der Waals surface area (Å²) >= 11 is 5.81. The predicted molar refractivity (Wildman–Crippen MR) is 79.2 cm³/mol. The van der Waals surface area contributed by atoms with Gasteiger partial charge in [0.05, 0.1) is 15.6 Å². The zero-order valence-corrected chi connectivity index (χ0v) is 13.3. The Hall–Kier alpha value is -1.47. The molecule has 2 amide bonds. The third kappa shape index (κ3) is 4.28. The second-order valence-electron chi connectivity index (χ2n) is 5.45. The number of nitrogens with two attached hydrogens (primary N) is 1. The summed E-state index contributed by atoms with van der Waals surface area (Å²) in [5.41, 5.74) is 5.58. The van der Waals surface area contributed by atoms with Crippen LogP contribution >= 0.6 is 11.6 Å². The highest BCUT2D eigenvalue weighted by atomic mass is 35.5. The smallest absolute Gasteiger partial charge is 0.329 e. The van der Waals surface area contributed by atoms with Crippen LogP contribution in [0.15, 0.2) is 17.0 Å². The Balaban J connectivity index is 3.07. The van der Waals surface area contributed by atoms with Crippen LogP contribution in [0.2, 0.25) is 5.02 Å². The van der Waals surface area contributed by atoms with Crippen molar-refractivity contribution in [3.8, 4) is 0 Å². The summed E-state index contributed by atoms with van der Waals surface area (Å²) in [6, 6.07) is 1.86. The molecule has 0 aliphatic carbocycles. The fourth-order valence-corrected chi connectivity index (χ4v) is 2.89. The largest absolute Gasteiger partial charge is 0.397 e. The number of hydrogen-bond donors (Lipinski definition) is 3. The lowest BCUT2D eigenvalue weighted by atomic mass is 10.1. The molecule has 0 spiro atoms. The van der Waals surface area contributed by atoms with Gasteiger partial charge in [0.15, 0.2) is 0 Å². The van der Waals surface area contributed by atoms with E-state index >= 15 is 0 Å². The van der Waals surface area contributed by atoms with Crippen molar-refractivity contribution in [2.24, 2.45) is 0 Å². The van der Waals surface area contributed by atoms with Crippen LogP contribution in [0.25, 0.3) is 0 Å². The van der Waals surface area contributed by atoms with Crippen LogP contribution in [0.5, 0.6) is 0 Å². The van der Waals surface area contributed by atoms with Crippen molar-refractivity contribution >= 4 is 33.3 Å². The van der Waals surface area contributed by atoms with E-state index in [9.17, 15) is 13.2 Å². The van der Waals surface area contributed by atoms with Gasteiger partial charge in [0.25, 0.3) is 10.0 Å². The fraction of sp³-hybridized carbons (Fsp3) is 0.417. The first-order valence-corrected chi connectivity index (χ1v) is 7.69. The average molecular weight is 320 g/mol. The summed E-state index contributed by atoms with van der Waals surface area (Å²) in [5, 5.41) is 2.77. The van der Waals surface area contributed by atoms with E-state index in [2.05, 4.69) is 5.32 Å². The summed E-state index contributed by atoms with van der Waals surface area (Å²) in [6.45, 7) is 6.79. The van der Waals surface area contributed by atoms with E-state index < -0.39 is 21.6 Å². The molecule has 8 heteroatoms. The predicted octanol–water partition coefficient (Wildman–Crippen LogP) is 2.02. The van der Waals surface area contributed by atoms with E-state index in [0.29, 0.717) is 5.56 Å². The Labute approximate surface area is 123 Å². The van der Waals surface area contributed by atoms with Gasteiger partial charge in [-0.3, -0.25) is 0 Å². The van der Waals surface area contributed by atoms with Crippen LogP contribution in [0.4, 0.5) is 10.5 Å². The van der Waals surface area contributed by atoms with Gasteiger partial charge in [-0.1, -0.05) is 11.6 Å². The first-order chi connectivity index (χ1) is 8.92. The average Bonchev–Trinajstić information content (AvgIpc) is 2.19. The van der Waals surface area contributed by atoms with E-state index in [-0.39, 0.29) is 15.6 Å². The Kier molecular flexibility index (Phi) is 4.55. The highest BCUT2D eigenvalue weighted by molar-refractivity contribution is 7.90. The first-order valence-electron chi connectivity index (χ1n) is 5.83. The highest BCUT2D eigenvalue weighted by Gasteiger charge is 2.23. The second kappa shape index (κ2) is 5.49. The molecule has 0 saturated carbocycles. The van der Waals surface area contributed by atoms with Gasteiger partial charge in [-0.25, -0.2) is 17.9 Å². The Morgan fingerprint density at radius 3 is 2.35 bits per heavy atom. The van der Waals surface area contributed by atoms with Gasteiger partial charge in [0, 0.05) is 5.54 Å². The molecular weight excluding hydrogens is 302 g/mol. The number of rotatable bonds is 2. The molecule has 0 unspecified atom stereocenters. The number of urea groups is 1. The van der Waals surface area contributed by atoms with Gasteiger partial charge in [0.2, 0.25) is 0 Å². The molecule has 0 bridgehead atoms. The van der Waals surface area contributed by atoms with Gasteiger partial charge < -0.3 is 11.1 Å². The summed E-state index contributed by atoms with van der Waals surface area (Å²) in [5.74, 6) is 0. The van der Waals surface area contributed by atoms with Gasteiger partial charge in [-0.05, 0) is 45.4 Å². The number of benzene rings is 1. The molecule has 4 N–H and O–H groups in total. The topological polar surface area (TPSA) is 101 Å². The summed E-state index contributed by atoms with van der Waals surface area (Å²) in [6.07, 6.45) is 0. The Morgan fingerprint density at radius 1 is 1.30 bits per heavy atom. The molecular formula is C12H18ClN3O3S. The summed E-state index contributed by atoms with van der Waals surface area (Å²) in [4.78, 5) is 11.6. The molecule has 0 aromatic heterocycles. The third-order valence-electron chi connectivity index (χ3n) is 2.30. The normalized spacial score (nSPS) is 12.1. The summed E-state index contributed by atoms with van der Waals surface area (Å²) < 4.78 is 26.2. The van der Waals surface area contributed by atoms with Gasteiger partial charge in [0.1, 0.15) is 0 Å². The lowest BCUT2D eigenvalue weighted by Crippen LogP contribution is -2.48. The minimum absolute atomic E-state index is 0.0801. The second-order valence-corrected chi connectivity index (χ2v) is 7.51. The molecule has 6 nitrogen and oxygen atoms in total. The van der Waals surface area contributed by atoms with Crippen molar-refractivity contribution in [2.75, 3.05) is 5.73 Å². The molecule has 1 aromatic rings. The van der Waals surface area contributed by atoms with Crippen LogP contribution in [-0.4, -0.2) is 20.0 Å². The SMILES string of the molecule is Cc1cc(Cl)c(N)cc1S(=O)(=O)NC(=O)NC(C)(C)C. The molecule has 0 radical (unpaired) electrons. The fourth-order valence-electron chi connectivity index (χ4n) is 1.50. The van der Waals surface area contributed by atoms with Crippen molar-refractivity contribution in [1.82, 2.24) is 10.0 Å². The van der Waals surface area contributed by atoms with Crippen LogP contribution in [0.1, 0.15) is 26.3 Å². The zero-order chi connectivity index (χ0) is 15.7. The molecule has 1 aromatic carbocycles. The minimum atomic E-state index is -4.00. The molecule has 0 fully saturated rings. The molecule has 0 saturated heterocycles. The molecule has 20 heavy (non-hydrogen) atoms. The van der Waals surface area contributed by atoms with E-state index in [0.717, 1.165) is 0 Å². The summed E-state index contributed by atoms with van der Waals surface area (Å²) in [7, 11) is -4.00. The van der Waals surface area contributed by atoms with Crippen molar-refractivity contribution in [3.63, 3.8) is 0 Å². The number of aryl methyl sites for hydroxylation is 1. The maximum Gasteiger partial charge on any atom is 0.329 e. The number of amides is 2. The van der Waals surface area contributed by atoms with Crippen molar-refractivity contribution in [3.05, 3.63) is 22.7 Å².